The van der Waals surface area contributed by atoms with Gasteiger partial charge < -0.3 is 4.74 Å². The van der Waals surface area contributed by atoms with Crippen LogP contribution >= 0.6 is 15.9 Å². The Hall–Kier alpha value is -1.34. The van der Waals surface area contributed by atoms with Gasteiger partial charge >= 0.3 is 0 Å². The van der Waals surface area contributed by atoms with E-state index in [0.717, 1.165) is 12.8 Å². The maximum absolute atomic E-state index is 12.4. The van der Waals surface area contributed by atoms with Crippen molar-refractivity contribution in [3.05, 3.63) is 22.8 Å². The number of carbonyl (C=O) groups is 1. The first-order valence-electron chi connectivity index (χ1n) is 5.75. The van der Waals surface area contributed by atoms with E-state index in [0.29, 0.717) is 29.4 Å². The van der Waals surface area contributed by atoms with Gasteiger partial charge in [-0.05, 0) is 28.8 Å². The number of ketones is 1. The van der Waals surface area contributed by atoms with E-state index < -0.39 is 0 Å². The van der Waals surface area contributed by atoms with Crippen molar-refractivity contribution in [2.75, 3.05) is 13.2 Å². The lowest BCUT2D eigenvalue weighted by Gasteiger charge is -2.20. The Balaban J connectivity index is 2.00. The minimum atomic E-state index is -0.0279. The number of hydrogen-bond acceptors (Lipinski definition) is 5. The molecular weight excluding hydrogens is 300 g/mol. The van der Waals surface area contributed by atoms with Crippen LogP contribution in [0.2, 0.25) is 0 Å². The van der Waals surface area contributed by atoms with E-state index in [1.54, 1.807) is 12.3 Å². The number of fused-ring (bicyclic) bond motifs is 1. The average molecular weight is 311 g/mol. The Morgan fingerprint density at radius 3 is 3.00 bits per heavy atom. The highest BCUT2D eigenvalue weighted by atomic mass is 79.9. The second-order valence-electron chi connectivity index (χ2n) is 4.17. The van der Waals surface area contributed by atoms with Gasteiger partial charge in [0.15, 0.2) is 11.5 Å². The van der Waals surface area contributed by atoms with Crippen LogP contribution in [0.4, 0.5) is 0 Å². The highest BCUT2D eigenvalue weighted by Gasteiger charge is 2.26. The van der Waals surface area contributed by atoms with E-state index in [4.69, 9.17) is 4.74 Å². The van der Waals surface area contributed by atoms with Gasteiger partial charge in [-0.1, -0.05) is 0 Å². The molecule has 0 aromatic carbocycles. The van der Waals surface area contributed by atoms with Gasteiger partial charge in [0.2, 0.25) is 10.5 Å². The molecule has 2 aromatic rings. The summed E-state index contributed by atoms with van der Waals surface area (Å²) in [6.07, 6.45) is 3.07. The van der Waals surface area contributed by atoms with Gasteiger partial charge in [-0.15, -0.1) is 5.10 Å². The summed E-state index contributed by atoms with van der Waals surface area (Å²) in [4.78, 5) is 20.7. The molecular formula is C11H11BrN4O2. The summed E-state index contributed by atoms with van der Waals surface area (Å²) < 4.78 is 7.21. The third-order valence-electron chi connectivity index (χ3n) is 3.04. The van der Waals surface area contributed by atoms with Crippen molar-refractivity contribution in [1.82, 2.24) is 19.6 Å². The lowest BCUT2D eigenvalue weighted by atomic mass is 9.95. The topological polar surface area (TPSA) is 69.4 Å². The monoisotopic (exact) mass is 310 g/mol. The normalized spacial score (nSPS) is 17.2. The molecule has 0 spiro atoms. The number of halogens is 1. The number of nitrogens with zero attached hydrogens (tertiary/aromatic N) is 4. The molecule has 0 N–H and O–H groups in total. The minimum Gasteiger partial charge on any atom is -0.381 e. The molecule has 0 radical (unpaired) electrons. The molecule has 0 amide bonds. The van der Waals surface area contributed by atoms with Crippen LogP contribution in [0.3, 0.4) is 0 Å². The van der Waals surface area contributed by atoms with Gasteiger partial charge in [0.05, 0.1) is 0 Å². The summed E-state index contributed by atoms with van der Waals surface area (Å²) in [6.45, 7) is 1.26. The molecule has 1 aliphatic heterocycles. The molecule has 94 valence electrons. The fraction of sp³-hybridized carbons (Fsp3) is 0.455. The number of ether oxygens (including phenoxy) is 1. The highest BCUT2D eigenvalue weighted by molar-refractivity contribution is 9.10. The Labute approximate surface area is 112 Å². The maximum atomic E-state index is 12.4. The predicted molar refractivity (Wildman–Crippen MR) is 66.4 cm³/mol. The number of hydrogen-bond donors (Lipinski definition) is 0. The molecule has 0 atom stereocenters. The molecule has 2 aromatic heterocycles. The average Bonchev–Trinajstić information content (AvgIpc) is 2.79. The van der Waals surface area contributed by atoms with Crippen molar-refractivity contribution >= 4 is 27.4 Å². The second-order valence-corrected chi connectivity index (χ2v) is 4.88. The lowest BCUT2D eigenvalue weighted by Crippen LogP contribution is -2.26. The number of rotatable bonds is 2. The predicted octanol–water partition coefficient (Wildman–Crippen LogP) is 1.50. The van der Waals surface area contributed by atoms with Crippen molar-refractivity contribution in [2.45, 2.75) is 12.8 Å². The Morgan fingerprint density at radius 2 is 2.22 bits per heavy atom. The van der Waals surface area contributed by atoms with Crippen LogP contribution in [0.5, 0.6) is 0 Å². The van der Waals surface area contributed by atoms with Crippen LogP contribution in [-0.2, 0) is 4.74 Å². The molecule has 3 heterocycles. The molecule has 7 heteroatoms. The largest absolute Gasteiger partial charge is 0.381 e. The van der Waals surface area contributed by atoms with E-state index in [2.05, 4.69) is 31.0 Å². The first kappa shape index (κ1) is 11.7. The fourth-order valence-electron chi connectivity index (χ4n) is 2.10. The zero-order valence-corrected chi connectivity index (χ0v) is 11.1. The molecule has 1 saturated heterocycles. The van der Waals surface area contributed by atoms with Gasteiger partial charge in [-0.3, -0.25) is 4.79 Å². The quantitative estimate of drug-likeness (QED) is 0.786. The number of aromatic nitrogens is 4. The van der Waals surface area contributed by atoms with Crippen LogP contribution in [0.25, 0.3) is 5.65 Å². The summed E-state index contributed by atoms with van der Waals surface area (Å²) in [5.41, 5.74) is 0.618. The van der Waals surface area contributed by atoms with E-state index >= 15 is 0 Å². The summed E-state index contributed by atoms with van der Waals surface area (Å²) in [5, 5.41) is 4.14. The van der Waals surface area contributed by atoms with E-state index in [-0.39, 0.29) is 11.7 Å². The van der Waals surface area contributed by atoms with Crippen LogP contribution in [-0.4, -0.2) is 38.6 Å². The standard InChI is InChI=1S/C11H11BrN4O2/c12-11-14-8-1-4-13-10(16(8)15-11)9(17)7-2-5-18-6-3-7/h1,4,7H,2-3,5-6H2. The van der Waals surface area contributed by atoms with Crippen LogP contribution < -0.4 is 0 Å². The molecule has 3 rings (SSSR count). The van der Waals surface area contributed by atoms with Crippen LogP contribution in [0.15, 0.2) is 17.0 Å². The van der Waals surface area contributed by atoms with Gasteiger partial charge in [-0.2, -0.15) is 4.52 Å². The highest BCUT2D eigenvalue weighted by Crippen LogP contribution is 2.19. The summed E-state index contributed by atoms with van der Waals surface area (Å²) in [6, 6.07) is 1.72. The number of carbonyl (C=O) groups excluding carboxylic acids is 1. The molecule has 6 nitrogen and oxygen atoms in total. The Bertz CT molecular complexity index is 592. The molecule has 0 unspecified atom stereocenters. The fourth-order valence-corrected chi connectivity index (χ4v) is 2.44. The first-order valence-corrected chi connectivity index (χ1v) is 6.54. The van der Waals surface area contributed by atoms with Crippen molar-refractivity contribution < 1.29 is 9.53 Å². The molecule has 0 bridgehead atoms. The minimum absolute atomic E-state index is 0.0151. The second kappa shape index (κ2) is 4.74. The third-order valence-corrected chi connectivity index (χ3v) is 3.38. The summed E-state index contributed by atoms with van der Waals surface area (Å²) >= 11 is 3.20. The molecule has 18 heavy (non-hydrogen) atoms. The van der Waals surface area contributed by atoms with E-state index in [1.165, 1.54) is 4.52 Å². The molecule has 0 saturated carbocycles. The summed E-state index contributed by atoms with van der Waals surface area (Å²) in [5.74, 6) is 0.332. The van der Waals surface area contributed by atoms with Gasteiger partial charge in [0, 0.05) is 31.4 Å². The van der Waals surface area contributed by atoms with Crippen molar-refractivity contribution in [3.8, 4) is 0 Å². The Kier molecular flexibility index (Phi) is 3.09. The van der Waals surface area contributed by atoms with Crippen LogP contribution in [0.1, 0.15) is 23.5 Å². The van der Waals surface area contributed by atoms with Gasteiger partial charge in [0.1, 0.15) is 0 Å². The smallest absolute Gasteiger partial charge is 0.218 e. The molecule has 1 aliphatic rings. The van der Waals surface area contributed by atoms with Crippen molar-refractivity contribution in [2.24, 2.45) is 5.92 Å². The van der Waals surface area contributed by atoms with E-state index in [9.17, 15) is 4.79 Å². The summed E-state index contributed by atoms with van der Waals surface area (Å²) in [7, 11) is 0. The molecule has 0 aliphatic carbocycles. The lowest BCUT2D eigenvalue weighted by molar-refractivity contribution is 0.0536. The first-order chi connectivity index (χ1) is 8.75. The number of Topliss-reactive ketones (excluding diaryl/α,β-unsaturated/α-hetero) is 1. The maximum Gasteiger partial charge on any atom is 0.218 e. The van der Waals surface area contributed by atoms with Crippen molar-refractivity contribution in [1.29, 1.82) is 0 Å². The SMILES string of the molecule is O=C(c1nccc2nc(Br)nn12)C1CCOCC1. The molecule has 1 fully saturated rings. The van der Waals surface area contributed by atoms with E-state index in [1.807, 2.05) is 0 Å². The third kappa shape index (κ3) is 2.04. The van der Waals surface area contributed by atoms with Crippen LogP contribution in [0, 0.1) is 5.92 Å². The zero-order chi connectivity index (χ0) is 12.5. The Morgan fingerprint density at radius 1 is 1.44 bits per heavy atom. The zero-order valence-electron chi connectivity index (χ0n) is 9.54. The van der Waals surface area contributed by atoms with Gasteiger partial charge in [0.25, 0.3) is 0 Å². The van der Waals surface area contributed by atoms with Crippen molar-refractivity contribution in [3.63, 3.8) is 0 Å². The van der Waals surface area contributed by atoms with Gasteiger partial charge in [-0.25, -0.2) is 9.97 Å².